The van der Waals surface area contributed by atoms with Gasteiger partial charge in [0.25, 0.3) is 0 Å². The van der Waals surface area contributed by atoms with Gasteiger partial charge in [-0.2, -0.15) is 0 Å². The maximum absolute atomic E-state index is 14.6. The highest BCUT2D eigenvalue weighted by Gasteiger charge is 2.26. The van der Waals surface area contributed by atoms with Gasteiger partial charge in [0.15, 0.2) is 6.29 Å². The van der Waals surface area contributed by atoms with Gasteiger partial charge in [0.1, 0.15) is 18.2 Å². The van der Waals surface area contributed by atoms with Crippen molar-refractivity contribution in [2.75, 3.05) is 44.3 Å². The van der Waals surface area contributed by atoms with Gasteiger partial charge in [0.05, 0.1) is 30.1 Å². The summed E-state index contributed by atoms with van der Waals surface area (Å²) in [7, 11) is 0. The number of nitrogens with zero attached hydrogens (tertiary/aromatic N) is 2. The second kappa shape index (κ2) is 11.9. The van der Waals surface area contributed by atoms with Crippen molar-refractivity contribution in [2.45, 2.75) is 45.3 Å². The SMILES string of the molecule is CC(C)OC(=O)N1CCC(ONC2=CCN(c3cc(OCCO)c(C=O)cc3F)CC2)CC1. The van der Waals surface area contributed by atoms with Gasteiger partial charge in [0.2, 0.25) is 0 Å². The van der Waals surface area contributed by atoms with E-state index in [9.17, 15) is 14.0 Å². The van der Waals surface area contributed by atoms with Crippen molar-refractivity contribution in [1.29, 1.82) is 0 Å². The number of anilines is 1. The molecule has 2 aliphatic rings. The van der Waals surface area contributed by atoms with Crippen LogP contribution in [-0.2, 0) is 9.57 Å². The highest BCUT2D eigenvalue weighted by atomic mass is 19.1. The first-order valence-electron chi connectivity index (χ1n) is 11.2. The lowest BCUT2D eigenvalue weighted by molar-refractivity contribution is -0.0415. The van der Waals surface area contributed by atoms with E-state index in [2.05, 4.69) is 5.48 Å². The van der Waals surface area contributed by atoms with Crippen LogP contribution in [0.3, 0.4) is 0 Å². The number of hydrogen-bond donors (Lipinski definition) is 2. The molecular formula is C23H32FN3O6. The van der Waals surface area contributed by atoms with Gasteiger partial charge < -0.3 is 24.4 Å². The number of hydrogen-bond acceptors (Lipinski definition) is 8. The fourth-order valence-electron chi connectivity index (χ4n) is 3.75. The van der Waals surface area contributed by atoms with Crippen LogP contribution in [0.25, 0.3) is 0 Å². The minimum atomic E-state index is -0.503. The maximum Gasteiger partial charge on any atom is 0.410 e. The van der Waals surface area contributed by atoms with E-state index in [-0.39, 0.29) is 42.8 Å². The fourth-order valence-corrected chi connectivity index (χ4v) is 3.75. The summed E-state index contributed by atoms with van der Waals surface area (Å²) in [6.45, 7) is 5.66. The summed E-state index contributed by atoms with van der Waals surface area (Å²) in [5.41, 5.74) is 4.38. The monoisotopic (exact) mass is 465 g/mol. The van der Waals surface area contributed by atoms with Gasteiger partial charge in [-0.15, -0.1) is 0 Å². The molecule has 9 nitrogen and oxygen atoms in total. The molecular weight excluding hydrogens is 433 g/mol. The second-order valence-corrected chi connectivity index (χ2v) is 8.30. The van der Waals surface area contributed by atoms with Crippen molar-refractivity contribution in [3.8, 4) is 5.75 Å². The van der Waals surface area contributed by atoms with E-state index in [0.717, 1.165) is 11.8 Å². The number of aldehydes is 1. The Hall–Kier alpha value is -2.85. The molecule has 1 aromatic rings. The Labute approximate surface area is 193 Å². The van der Waals surface area contributed by atoms with Crippen LogP contribution in [0.4, 0.5) is 14.9 Å². The van der Waals surface area contributed by atoms with Crippen LogP contribution in [0.5, 0.6) is 5.75 Å². The van der Waals surface area contributed by atoms with Gasteiger partial charge in [-0.3, -0.25) is 15.1 Å². The first-order chi connectivity index (χ1) is 15.9. The van der Waals surface area contributed by atoms with Crippen molar-refractivity contribution < 1.29 is 33.4 Å². The number of amides is 1. The van der Waals surface area contributed by atoms with E-state index < -0.39 is 5.82 Å². The zero-order valence-corrected chi connectivity index (χ0v) is 19.1. The van der Waals surface area contributed by atoms with Crippen molar-refractivity contribution in [1.82, 2.24) is 10.4 Å². The maximum atomic E-state index is 14.6. The number of aliphatic hydroxyl groups is 1. The molecule has 0 aliphatic carbocycles. The standard InChI is InChI=1S/C23H32FN3O6/c1-16(2)32-23(30)27-9-5-19(6-10-27)33-25-18-3-7-26(8-4-18)21-14-22(31-12-11-28)17(15-29)13-20(21)24/h3,13-16,19,25,28H,4-12H2,1-2H3. The molecule has 0 spiro atoms. The van der Waals surface area contributed by atoms with Crippen LogP contribution >= 0.6 is 0 Å². The molecule has 1 aromatic carbocycles. The van der Waals surface area contributed by atoms with Gasteiger partial charge in [0, 0.05) is 44.4 Å². The molecule has 33 heavy (non-hydrogen) atoms. The third-order valence-corrected chi connectivity index (χ3v) is 5.50. The summed E-state index contributed by atoms with van der Waals surface area (Å²) in [6, 6.07) is 2.65. The van der Waals surface area contributed by atoms with E-state index >= 15 is 0 Å². The minimum Gasteiger partial charge on any atom is -0.490 e. The fraction of sp³-hybridized carbons (Fsp3) is 0.565. The number of likely N-dealkylation sites (tertiary alicyclic amines) is 1. The Morgan fingerprint density at radius 2 is 2.06 bits per heavy atom. The molecule has 0 saturated carbocycles. The topological polar surface area (TPSA) is 101 Å². The molecule has 182 valence electrons. The van der Waals surface area contributed by atoms with Crippen LogP contribution in [-0.4, -0.2) is 74.0 Å². The molecule has 0 aromatic heterocycles. The Bertz CT molecular complexity index is 855. The molecule has 2 aliphatic heterocycles. The molecule has 2 heterocycles. The van der Waals surface area contributed by atoms with Crippen LogP contribution in [0.2, 0.25) is 0 Å². The van der Waals surface area contributed by atoms with Crippen molar-refractivity contribution in [2.24, 2.45) is 0 Å². The van der Waals surface area contributed by atoms with E-state index in [0.29, 0.717) is 57.4 Å². The quantitative estimate of drug-likeness (QED) is 0.424. The summed E-state index contributed by atoms with van der Waals surface area (Å²) < 4.78 is 25.2. The number of carbonyl (C=O) groups is 2. The van der Waals surface area contributed by atoms with Crippen LogP contribution in [0.15, 0.2) is 23.9 Å². The lowest BCUT2D eigenvalue weighted by Gasteiger charge is -2.33. The van der Waals surface area contributed by atoms with Crippen LogP contribution in [0.1, 0.15) is 43.5 Å². The second-order valence-electron chi connectivity index (χ2n) is 8.30. The predicted octanol–water partition coefficient (Wildman–Crippen LogP) is 2.63. The zero-order valence-electron chi connectivity index (χ0n) is 19.1. The zero-order chi connectivity index (χ0) is 23.8. The molecule has 1 saturated heterocycles. The van der Waals surface area contributed by atoms with Crippen molar-refractivity contribution >= 4 is 18.1 Å². The van der Waals surface area contributed by atoms with Crippen molar-refractivity contribution in [3.05, 3.63) is 35.3 Å². The van der Waals surface area contributed by atoms with Gasteiger partial charge in [-0.1, -0.05) is 0 Å². The van der Waals surface area contributed by atoms with Crippen LogP contribution in [0, 0.1) is 5.82 Å². The van der Waals surface area contributed by atoms with Crippen LogP contribution < -0.4 is 15.1 Å². The third-order valence-electron chi connectivity index (χ3n) is 5.50. The molecule has 1 amide bonds. The smallest absolute Gasteiger partial charge is 0.410 e. The average Bonchev–Trinajstić information content (AvgIpc) is 2.82. The number of carbonyl (C=O) groups excluding carboxylic acids is 2. The number of benzene rings is 1. The Morgan fingerprint density at radius 1 is 1.30 bits per heavy atom. The number of halogens is 1. The Balaban J connectivity index is 1.50. The predicted molar refractivity (Wildman–Crippen MR) is 120 cm³/mol. The molecule has 3 rings (SSSR count). The van der Waals surface area contributed by atoms with Crippen molar-refractivity contribution in [3.63, 3.8) is 0 Å². The molecule has 0 radical (unpaired) electrons. The summed E-state index contributed by atoms with van der Waals surface area (Å²) in [5, 5.41) is 8.96. The Kier molecular flexibility index (Phi) is 8.90. The molecule has 0 bridgehead atoms. The first kappa shape index (κ1) is 24.8. The van der Waals surface area contributed by atoms with E-state index in [4.69, 9.17) is 19.4 Å². The number of nitrogens with one attached hydrogen (secondary N) is 1. The molecule has 1 fully saturated rings. The molecule has 0 atom stereocenters. The molecule has 10 heteroatoms. The first-order valence-corrected chi connectivity index (χ1v) is 11.2. The summed E-state index contributed by atoms with van der Waals surface area (Å²) in [4.78, 5) is 32.5. The molecule has 2 N–H and O–H groups in total. The third kappa shape index (κ3) is 6.82. The summed E-state index contributed by atoms with van der Waals surface area (Å²) >= 11 is 0. The minimum absolute atomic E-state index is 0.00779. The van der Waals surface area contributed by atoms with Gasteiger partial charge in [-0.25, -0.2) is 9.18 Å². The normalized spacial score (nSPS) is 17.1. The lowest BCUT2D eigenvalue weighted by atomic mass is 10.1. The van der Waals surface area contributed by atoms with Gasteiger partial charge >= 0.3 is 6.09 Å². The summed E-state index contributed by atoms with van der Waals surface area (Å²) in [5.74, 6) is -0.257. The highest BCUT2D eigenvalue weighted by Crippen LogP contribution is 2.30. The highest BCUT2D eigenvalue weighted by molar-refractivity contribution is 5.81. The average molecular weight is 466 g/mol. The Morgan fingerprint density at radius 3 is 2.67 bits per heavy atom. The molecule has 0 unspecified atom stereocenters. The number of hydroxylamine groups is 1. The number of piperidine rings is 1. The van der Waals surface area contributed by atoms with Gasteiger partial charge in [-0.05, 0) is 38.8 Å². The number of ether oxygens (including phenoxy) is 2. The van der Waals surface area contributed by atoms with E-state index in [1.165, 1.54) is 6.07 Å². The lowest BCUT2D eigenvalue weighted by Crippen LogP contribution is -2.43. The number of aliphatic hydroxyl groups excluding tert-OH is 1. The summed E-state index contributed by atoms with van der Waals surface area (Å²) in [6.07, 6.45) is 4.08. The largest absolute Gasteiger partial charge is 0.490 e. The number of rotatable bonds is 9. The van der Waals surface area contributed by atoms with E-state index in [1.54, 1.807) is 4.90 Å². The van der Waals surface area contributed by atoms with E-state index in [1.807, 2.05) is 24.8 Å².